The number of methoxy groups -OCH3 is 1. The van der Waals surface area contributed by atoms with Crippen LogP contribution >= 0.6 is 11.6 Å². The van der Waals surface area contributed by atoms with Crippen molar-refractivity contribution in [1.82, 2.24) is 15.3 Å². The predicted octanol–water partition coefficient (Wildman–Crippen LogP) is 6.15. The largest absolute Gasteiger partial charge is 0.497 e. The molecule has 0 saturated carbocycles. The lowest BCUT2D eigenvalue weighted by molar-refractivity contribution is -0.116. The molecule has 0 bridgehead atoms. The zero-order valence-corrected chi connectivity index (χ0v) is 27.8. The monoisotopic (exact) mass is 710 g/mol. The summed E-state index contributed by atoms with van der Waals surface area (Å²) in [5.74, 6) is -0.342. The highest BCUT2D eigenvalue weighted by Gasteiger charge is 2.38. The molecule has 1 fully saturated rings. The Morgan fingerprint density at radius 2 is 1.74 bits per heavy atom. The van der Waals surface area contributed by atoms with Crippen molar-refractivity contribution in [3.8, 4) is 11.5 Å². The van der Waals surface area contributed by atoms with E-state index in [1.807, 2.05) is 0 Å². The maximum Gasteiger partial charge on any atom is 0.432 e. The second-order valence-corrected chi connectivity index (χ2v) is 11.4. The van der Waals surface area contributed by atoms with E-state index in [1.165, 1.54) is 55.9 Å². The topological polar surface area (TPSA) is 154 Å². The number of rotatable bonds is 12. The number of halogens is 4. The summed E-state index contributed by atoms with van der Waals surface area (Å²) in [5, 5.41) is 19.5. The first-order valence-electron chi connectivity index (χ1n) is 15.5. The average molecular weight is 711 g/mol. The van der Waals surface area contributed by atoms with Gasteiger partial charge in [0.15, 0.2) is 0 Å². The van der Waals surface area contributed by atoms with E-state index in [2.05, 4.69) is 36.1 Å². The third-order valence-electron chi connectivity index (χ3n) is 7.72. The number of hydrogen-bond donors (Lipinski definition) is 5. The van der Waals surface area contributed by atoms with Crippen LogP contribution in [-0.4, -0.2) is 67.5 Å². The Kier molecular flexibility index (Phi) is 11.4. The fraction of sp³-hybridized carbons (Fsp3) is 0.265. The van der Waals surface area contributed by atoms with Crippen LogP contribution < -0.4 is 35.6 Å². The minimum atomic E-state index is -5.04. The molecular weight excluding hydrogens is 677 g/mol. The summed E-state index contributed by atoms with van der Waals surface area (Å²) in [6.45, 7) is 4.72. The van der Waals surface area contributed by atoms with Crippen molar-refractivity contribution in [3.63, 3.8) is 0 Å². The van der Waals surface area contributed by atoms with Gasteiger partial charge in [0.05, 0.1) is 23.9 Å². The lowest BCUT2D eigenvalue weighted by atomic mass is 10.1. The molecule has 0 spiro atoms. The first-order chi connectivity index (χ1) is 24.0. The molecule has 262 valence electrons. The molecule has 5 rings (SSSR count). The van der Waals surface area contributed by atoms with E-state index in [1.54, 1.807) is 19.1 Å². The predicted molar refractivity (Wildman–Crippen MR) is 186 cm³/mol. The normalized spacial score (nSPS) is 13.7. The molecule has 4 aromatic rings. The summed E-state index contributed by atoms with van der Waals surface area (Å²) in [6, 6.07) is 13.4. The minimum Gasteiger partial charge on any atom is -0.497 e. The van der Waals surface area contributed by atoms with Gasteiger partial charge < -0.3 is 41.1 Å². The fourth-order valence-corrected chi connectivity index (χ4v) is 5.35. The van der Waals surface area contributed by atoms with Crippen molar-refractivity contribution in [1.29, 1.82) is 5.41 Å². The van der Waals surface area contributed by atoms with Crippen LogP contribution in [0.2, 0.25) is 5.02 Å². The molecular formula is C34H34ClF3N8O4. The maximum atomic E-state index is 14.3. The molecule has 16 heteroatoms. The lowest BCUT2D eigenvalue weighted by Gasteiger charge is -2.29. The van der Waals surface area contributed by atoms with Crippen LogP contribution in [0, 0.1) is 5.41 Å². The highest BCUT2D eigenvalue weighted by molar-refractivity contribution is 6.32. The van der Waals surface area contributed by atoms with Crippen LogP contribution in [0.25, 0.3) is 10.9 Å². The fourth-order valence-electron chi connectivity index (χ4n) is 5.13. The summed E-state index contributed by atoms with van der Waals surface area (Å²) in [4.78, 5) is 36.6. The number of amides is 2. The van der Waals surface area contributed by atoms with Crippen molar-refractivity contribution in [3.05, 3.63) is 82.8 Å². The van der Waals surface area contributed by atoms with Gasteiger partial charge >= 0.3 is 6.18 Å². The van der Waals surface area contributed by atoms with E-state index in [0.717, 1.165) is 37.4 Å². The van der Waals surface area contributed by atoms with Gasteiger partial charge in [-0.25, -0.2) is 9.97 Å². The van der Waals surface area contributed by atoms with Crippen molar-refractivity contribution in [2.45, 2.75) is 26.1 Å². The number of carbonyl (C=O) groups is 2. The highest BCUT2D eigenvalue weighted by atomic mass is 35.5. The van der Waals surface area contributed by atoms with Gasteiger partial charge in [-0.2, -0.15) is 13.2 Å². The van der Waals surface area contributed by atoms with Crippen LogP contribution in [-0.2, 0) is 16.2 Å². The van der Waals surface area contributed by atoms with E-state index in [4.69, 9.17) is 26.5 Å². The van der Waals surface area contributed by atoms with Crippen LogP contribution in [0.3, 0.4) is 0 Å². The van der Waals surface area contributed by atoms with Crippen molar-refractivity contribution >= 4 is 63.4 Å². The number of alkyl halides is 3. The number of carbonyl (C=O) groups excluding carboxylic acids is 2. The number of fused-ring (bicyclic) bond motifs is 1. The van der Waals surface area contributed by atoms with Crippen LogP contribution in [0.4, 0.5) is 36.1 Å². The smallest absolute Gasteiger partial charge is 0.432 e. The van der Waals surface area contributed by atoms with Crippen molar-refractivity contribution < 1.29 is 32.2 Å². The van der Waals surface area contributed by atoms with E-state index in [0.29, 0.717) is 28.1 Å². The van der Waals surface area contributed by atoms with Gasteiger partial charge in [-0.3, -0.25) is 9.59 Å². The second kappa shape index (κ2) is 15.9. The summed E-state index contributed by atoms with van der Waals surface area (Å²) < 4.78 is 53.9. The molecule has 0 aliphatic carbocycles. The molecule has 3 aromatic carbocycles. The van der Waals surface area contributed by atoms with Crippen molar-refractivity contribution in [2.24, 2.45) is 0 Å². The standard InChI is InChI=1S/C34H34ClF3N8O4/c1-3-30(47)43-22-6-9-29(50-18-20-14-27-24(16-26(20)35)32(42-19-41-27)46-12-10-40-11-13-46)28(15-22)45-33(48)25(17-39)31(34(36,37)38)44-21-4-7-23(49-2)8-5-21/h4-9,14-17,19,39-40,44H,3,10-13,18H2,1-2H3,(H,43,47)(H,45,48)/b31-25+,39-17?. The molecule has 1 aliphatic rings. The Morgan fingerprint density at radius 3 is 2.40 bits per heavy atom. The van der Waals surface area contributed by atoms with E-state index in [-0.39, 0.29) is 41.7 Å². The number of benzene rings is 3. The minimum absolute atomic E-state index is 0.0103. The SMILES string of the molecule is CCC(=O)Nc1ccc(OCc2cc3ncnc(N4CCNCC4)c3cc2Cl)c(NC(=O)/C(C=N)=C(/Nc2ccc(OC)cc2)C(F)(F)F)c1. The molecule has 50 heavy (non-hydrogen) atoms. The van der Waals surface area contributed by atoms with Crippen LogP contribution in [0.5, 0.6) is 11.5 Å². The quantitative estimate of drug-likeness (QED) is 0.0861. The number of piperazine rings is 1. The molecule has 0 unspecified atom stereocenters. The second-order valence-electron chi connectivity index (χ2n) is 11.0. The molecule has 1 saturated heterocycles. The van der Waals surface area contributed by atoms with Crippen molar-refractivity contribution in [2.75, 3.05) is 54.1 Å². The zero-order chi connectivity index (χ0) is 35.8. The third kappa shape index (κ3) is 8.59. The molecule has 2 amide bonds. The molecule has 1 aromatic heterocycles. The Labute approximate surface area is 290 Å². The van der Waals surface area contributed by atoms with Gasteiger partial charge in [-0.1, -0.05) is 18.5 Å². The number of allylic oxidation sites excluding steroid dienone is 1. The van der Waals surface area contributed by atoms with Crippen LogP contribution in [0.1, 0.15) is 18.9 Å². The first-order valence-corrected chi connectivity index (χ1v) is 15.9. The van der Waals surface area contributed by atoms with Gasteiger partial charge in [0.25, 0.3) is 5.91 Å². The summed E-state index contributed by atoms with van der Waals surface area (Å²) in [5.41, 5.74) is -1.07. The first kappa shape index (κ1) is 35.9. The number of ether oxygens (including phenoxy) is 2. The molecule has 5 N–H and O–H groups in total. The van der Waals surface area contributed by atoms with E-state index in [9.17, 15) is 22.8 Å². The number of aromatic nitrogens is 2. The van der Waals surface area contributed by atoms with Gasteiger partial charge in [0, 0.05) is 66.2 Å². The average Bonchev–Trinajstić information content (AvgIpc) is 3.11. The molecule has 0 radical (unpaired) electrons. The third-order valence-corrected chi connectivity index (χ3v) is 8.07. The summed E-state index contributed by atoms with van der Waals surface area (Å²) in [7, 11) is 1.41. The molecule has 2 heterocycles. The molecule has 1 aliphatic heterocycles. The summed E-state index contributed by atoms with van der Waals surface area (Å²) >= 11 is 6.69. The number of nitrogens with zero attached hydrogens (tertiary/aromatic N) is 3. The van der Waals surface area contributed by atoms with E-state index >= 15 is 0 Å². The van der Waals surface area contributed by atoms with E-state index < -0.39 is 23.4 Å². The Balaban J connectivity index is 1.44. The van der Waals surface area contributed by atoms with Crippen LogP contribution in [0.15, 0.2) is 72.2 Å². The number of nitrogens with one attached hydrogen (secondary N) is 5. The Morgan fingerprint density at radius 1 is 1.02 bits per heavy atom. The maximum absolute atomic E-state index is 14.3. The number of hydrogen-bond acceptors (Lipinski definition) is 10. The highest BCUT2D eigenvalue weighted by Crippen LogP contribution is 2.34. The number of anilines is 4. The molecule has 12 nitrogen and oxygen atoms in total. The van der Waals surface area contributed by atoms with Gasteiger partial charge in [-0.15, -0.1) is 0 Å². The summed E-state index contributed by atoms with van der Waals surface area (Å²) in [6.07, 6.45) is -3.10. The lowest BCUT2D eigenvalue weighted by Crippen LogP contribution is -2.44. The van der Waals surface area contributed by atoms with Gasteiger partial charge in [0.2, 0.25) is 5.91 Å². The zero-order valence-electron chi connectivity index (χ0n) is 27.1. The Bertz CT molecular complexity index is 1920. The van der Waals surface area contributed by atoms with Gasteiger partial charge in [0.1, 0.15) is 35.9 Å². The van der Waals surface area contributed by atoms with Gasteiger partial charge in [-0.05, 0) is 54.6 Å². The Hall–Kier alpha value is -5.41. The molecule has 0 atom stereocenters.